The Morgan fingerprint density at radius 1 is 1.00 bits per heavy atom. The van der Waals surface area contributed by atoms with Crippen molar-refractivity contribution >= 4 is 7.26 Å². The summed E-state index contributed by atoms with van der Waals surface area (Å²) in [7, 11) is -0.488. The van der Waals surface area contributed by atoms with Crippen LogP contribution in [0.15, 0.2) is 0 Å². The highest BCUT2D eigenvalue weighted by Gasteiger charge is 2.21. The van der Waals surface area contributed by atoms with Crippen LogP contribution in [0, 0.1) is 0 Å². The zero-order valence-corrected chi connectivity index (χ0v) is 9.45. The van der Waals surface area contributed by atoms with Crippen molar-refractivity contribution in [3.8, 4) is 0 Å². The van der Waals surface area contributed by atoms with Crippen LogP contribution in [-0.2, 0) is 0 Å². The van der Waals surface area contributed by atoms with Gasteiger partial charge in [-0.2, -0.15) is 0 Å². The van der Waals surface area contributed by atoms with Crippen LogP contribution in [0.5, 0.6) is 0 Å². The smallest absolute Gasteiger partial charge is 0.0633 e. The summed E-state index contributed by atoms with van der Waals surface area (Å²) in [6.45, 7) is 11.7. The molecule has 0 spiro atoms. The van der Waals surface area contributed by atoms with E-state index in [1.165, 1.54) is 0 Å². The molecule has 2 heteroatoms. The minimum absolute atomic E-state index is 0. The molecule has 0 N–H and O–H groups in total. The maximum atomic E-state index is 2.37. The molecule has 0 aliphatic rings. The average Bonchev–Trinajstić information content (AvgIpc) is 1.31. The molecule has 0 aliphatic heterocycles. The first-order valence-corrected chi connectivity index (χ1v) is 5.95. The topological polar surface area (TPSA) is 0 Å². The Morgan fingerprint density at radius 2 is 1.12 bits per heavy atom. The second-order valence-electron chi connectivity index (χ2n) is 3.21. The molecule has 0 nitrogen and oxygen atoms in total. The van der Waals surface area contributed by atoms with Gasteiger partial charge in [-0.1, -0.05) is 0 Å². The van der Waals surface area contributed by atoms with E-state index in [0.29, 0.717) is 0 Å². The van der Waals surface area contributed by atoms with E-state index in [2.05, 4.69) is 33.8 Å². The highest BCUT2D eigenvalue weighted by atomic mass is 127. The summed E-state index contributed by atoms with van der Waals surface area (Å²) in [6, 6.07) is 0. The van der Waals surface area contributed by atoms with Gasteiger partial charge in [0.05, 0.1) is 5.66 Å². The Bertz CT molecular complexity index is 54.0. The van der Waals surface area contributed by atoms with Gasteiger partial charge >= 0.3 is 0 Å². The molecule has 0 amide bonds. The van der Waals surface area contributed by atoms with Crippen LogP contribution in [0.3, 0.4) is 0 Å². The molecule has 0 saturated heterocycles. The van der Waals surface area contributed by atoms with Crippen LogP contribution in [0.25, 0.3) is 0 Å². The Morgan fingerprint density at radius 3 is 1.12 bits per heavy atom. The molecule has 0 aromatic heterocycles. The third kappa shape index (κ3) is 5.30. The molecule has 8 heavy (non-hydrogen) atoms. The summed E-state index contributed by atoms with van der Waals surface area (Å²) >= 11 is 0. The van der Waals surface area contributed by atoms with Crippen molar-refractivity contribution in [3.05, 3.63) is 0 Å². The zero-order chi connectivity index (χ0) is 6.08. The second-order valence-corrected chi connectivity index (χ2v) is 8.48. The van der Waals surface area contributed by atoms with Gasteiger partial charge in [-0.05, 0) is 13.8 Å². The van der Waals surface area contributed by atoms with Gasteiger partial charge in [0.25, 0.3) is 0 Å². The maximum Gasteiger partial charge on any atom is 0.0633 e. The van der Waals surface area contributed by atoms with E-state index >= 15 is 0 Å². The molecular weight excluding hydrogens is 230 g/mol. The summed E-state index contributed by atoms with van der Waals surface area (Å²) in [4.78, 5) is 0. The number of hydrogen-bond acceptors (Lipinski definition) is 0. The van der Waals surface area contributed by atoms with Gasteiger partial charge in [-0.25, -0.2) is 0 Å². The van der Waals surface area contributed by atoms with E-state index in [9.17, 15) is 0 Å². The molecule has 0 aliphatic carbocycles. The largest absolute Gasteiger partial charge is 1.00 e. The SMILES string of the molecule is CC(C)[P+](C)(C)C.[I-]. The van der Waals surface area contributed by atoms with E-state index in [-0.39, 0.29) is 24.0 Å². The van der Waals surface area contributed by atoms with Gasteiger partial charge in [0.15, 0.2) is 0 Å². The van der Waals surface area contributed by atoms with E-state index in [0.717, 1.165) is 5.66 Å². The Labute approximate surface area is 70.8 Å². The van der Waals surface area contributed by atoms with E-state index in [4.69, 9.17) is 0 Å². The highest BCUT2D eigenvalue weighted by molar-refractivity contribution is 7.74. The first-order valence-electron chi connectivity index (χ1n) is 2.75. The lowest BCUT2D eigenvalue weighted by atomic mass is 10.6. The molecule has 0 unspecified atom stereocenters. The molecule has 0 fully saturated rings. The quantitative estimate of drug-likeness (QED) is 0.424. The summed E-state index contributed by atoms with van der Waals surface area (Å²) in [6.07, 6.45) is 0. The predicted molar refractivity (Wildman–Crippen MR) is 39.8 cm³/mol. The van der Waals surface area contributed by atoms with Gasteiger partial charge in [-0.15, -0.1) is 0 Å². The van der Waals surface area contributed by atoms with Crippen LogP contribution < -0.4 is 24.0 Å². The third-order valence-electron chi connectivity index (χ3n) is 1.55. The standard InChI is InChI=1S/C6H16P.HI/c1-6(2)7(3,4)5;/h6H,1-5H3;1H/q+1;/p-1. The van der Waals surface area contributed by atoms with E-state index in [1.54, 1.807) is 0 Å². The molecule has 0 bridgehead atoms. The number of halogens is 1. The average molecular weight is 246 g/mol. The molecule has 0 rings (SSSR count). The lowest BCUT2D eigenvalue weighted by Crippen LogP contribution is -3.00. The minimum atomic E-state index is -0.488. The van der Waals surface area contributed by atoms with Crippen LogP contribution >= 0.6 is 7.26 Å². The monoisotopic (exact) mass is 246 g/mol. The van der Waals surface area contributed by atoms with Crippen molar-refractivity contribution in [3.63, 3.8) is 0 Å². The lowest BCUT2D eigenvalue weighted by molar-refractivity contribution is -0.00000191. The van der Waals surface area contributed by atoms with Crippen LogP contribution in [0.2, 0.25) is 0 Å². The fourth-order valence-electron chi connectivity index (χ4n) is 0. The molecule has 0 aromatic carbocycles. The van der Waals surface area contributed by atoms with Gasteiger partial charge in [0.2, 0.25) is 0 Å². The van der Waals surface area contributed by atoms with Gasteiger partial charge in [0.1, 0.15) is 0 Å². The summed E-state index contributed by atoms with van der Waals surface area (Å²) in [5.74, 6) is 0. The first-order chi connectivity index (χ1) is 2.94. The Hall–Kier alpha value is 1.16. The Balaban J connectivity index is 0. The van der Waals surface area contributed by atoms with Crippen molar-refractivity contribution in [1.29, 1.82) is 0 Å². The number of hydrogen-bond donors (Lipinski definition) is 0. The fourth-order valence-corrected chi connectivity index (χ4v) is 0. The highest BCUT2D eigenvalue weighted by Crippen LogP contribution is 2.51. The fraction of sp³-hybridized carbons (Fsp3) is 1.00. The molecule has 0 atom stereocenters. The maximum absolute atomic E-state index is 2.37. The third-order valence-corrected chi connectivity index (χ3v) is 4.65. The van der Waals surface area contributed by atoms with Crippen molar-refractivity contribution in [2.75, 3.05) is 20.0 Å². The zero-order valence-electron chi connectivity index (χ0n) is 6.40. The molecular formula is C6H16IP. The van der Waals surface area contributed by atoms with Crippen molar-refractivity contribution in [1.82, 2.24) is 0 Å². The van der Waals surface area contributed by atoms with E-state index in [1.807, 2.05) is 0 Å². The van der Waals surface area contributed by atoms with Crippen LogP contribution in [-0.4, -0.2) is 25.7 Å². The molecule has 0 saturated carbocycles. The summed E-state index contributed by atoms with van der Waals surface area (Å²) in [5, 5.41) is 0. The first kappa shape index (κ1) is 11.9. The van der Waals surface area contributed by atoms with Crippen LogP contribution in [0.1, 0.15) is 13.8 Å². The van der Waals surface area contributed by atoms with Crippen molar-refractivity contribution in [2.45, 2.75) is 19.5 Å². The van der Waals surface area contributed by atoms with Gasteiger partial charge in [0, 0.05) is 27.3 Å². The van der Waals surface area contributed by atoms with Crippen molar-refractivity contribution < 1.29 is 24.0 Å². The summed E-state index contributed by atoms with van der Waals surface area (Å²) < 4.78 is 0. The lowest BCUT2D eigenvalue weighted by Gasteiger charge is -2.15. The Kier molecular flexibility index (Phi) is 6.03. The molecule has 0 heterocycles. The number of rotatable bonds is 1. The van der Waals surface area contributed by atoms with E-state index < -0.39 is 7.26 Å². The predicted octanol–water partition coefficient (Wildman–Crippen LogP) is -0.694. The summed E-state index contributed by atoms with van der Waals surface area (Å²) in [5.41, 5.74) is 0.910. The van der Waals surface area contributed by atoms with Crippen LogP contribution in [0.4, 0.5) is 0 Å². The second kappa shape index (κ2) is 4.05. The van der Waals surface area contributed by atoms with Gasteiger partial charge in [-0.3, -0.25) is 0 Å². The van der Waals surface area contributed by atoms with Crippen molar-refractivity contribution in [2.24, 2.45) is 0 Å². The molecule has 52 valence electrons. The minimum Gasteiger partial charge on any atom is -1.00 e. The van der Waals surface area contributed by atoms with Gasteiger partial charge < -0.3 is 24.0 Å². The molecule has 0 radical (unpaired) electrons. The normalized spacial score (nSPS) is 11.2. The molecule has 0 aromatic rings.